The zero-order valence-corrected chi connectivity index (χ0v) is 28.2. The fraction of sp³-hybridized carbons (Fsp3) is 0.353. The van der Waals surface area contributed by atoms with Crippen molar-refractivity contribution in [3.63, 3.8) is 0 Å². The normalized spacial score (nSPS) is 17.7. The van der Waals surface area contributed by atoms with Gasteiger partial charge in [-0.3, -0.25) is 19.0 Å². The van der Waals surface area contributed by atoms with Crippen LogP contribution >= 0.6 is 11.6 Å². The molecule has 1 aromatic carbocycles. The summed E-state index contributed by atoms with van der Waals surface area (Å²) in [6, 6.07) is 4.16. The summed E-state index contributed by atoms with van der Waals surface area (Å²) in [5.41, 5.74) is 7.05. The first-order chi connectivity index (χ1) is 22.7. The molecule has 0 bridgehead atoms. The van der Waals surface area contributed by atoms with Gasteiger partial charge in [-0.25, -0.2) is 19.3 Å². The molecule has 2 aliphatic heterocycles. The third-order valence-corrected chi connectivity index (χ3v) is 9.23. The van der Waals surface area contributed by atoms with Gasteiger partial charge < -0.3 is 25.5 Å². The molecule has 5 heterocycles. The molecule has 2 atom stereocenters. The highest BCUT2D eigenvalue weighted by molar-refractivity contribution is 6.34. The maximum Gasteiger partial charge on any atom is 0.283 e. The summed E-state index contributed by atoms with van der Waals surface area (Å²) in [4.78, 5) is 60.4. The number of amides is 2. The van der Waals surface area contributed by atoms with E-state index >= 15 is 9.18 Å². The SMILES string of the molecule is C=CC(=O)N1C[C@@H]2C(=O)N(C)c3c(c4cc(Cl)c(-c5c(O)cccc5F)nc4n(-c4c(C(C)C)nc(N)nc4C(C)C)c3=O)N2[C@@H](C)C1. The summed E-state index contributed by atoms with van der Waals surface area (Å²) in [6.07, 6.45) is 1.21. The van der Waals surface area contributed by atoms with Crippen molar-refractivity contribution in [1.29, 1.82) is 0 Å². The van der Waals surface area contributed by atoms with Gasteiger partial charge in [-0.15, -0.1) is 0 Å². The maximum absolute atomic E-state index is 15.3. The third kappa shape index (κ3) is 4.95. The lowest BCUT2D eigenvalue weighted by Gasteiger charge is -2.50. The van der Waals surface area contributed by atoms with E-state index in [0.717, 1.165) is 0 Å². The second kappa shape index (κ2) is 11.9. The van der Waals surface area contributed by atoms with E-state index in [1.54, 1.807) is 11.0 Å². The van der Waals surface area contributed by atoms with Gasteiger partial charge >= 0.3 is 0 Å². The van der Waals surface area contributed by atoms with E-state index in [1.165, 1.54) is 40.8 Å². The quantitative estimate of drug-likeness (QED) is 0.286. The second-order valence-corrected chi connectivity index (χ2v) is 13.2. The molecule has 2 aliphatic rings. The van der Waals surface area contributed by atoms with Crippen LogP contribution in [0.15, 0.2) is 41.7 Å². The van der Waals surface area contributed by atoms with E-state index < -0.39 is 23.5 Å². The summed E-state index contributed by atoms with van der Waals surface area (Å²) in [5.74, 6) is -2.28. The van der Waals surface area contributed by atoms with E-state index in [9.17, 15) is 14.7 Å². The van der Waals surface area contributed by atoms with Gasteiger partial charge in [0, 0.05) is 25.0 Å². The Morgan fingerprint density at radius 1 is 1.08 bits per heavy atom. The summed E-state index contributed by atoms with van der Waals surface area (Å²) in [6.45, 7) is 13.4. The molecule has 1 saturated heterocycles. The standard InChI is InChI=1S/C34H36ClFN8O4/c1-8-23(46)42-13-17(6)43-21(14-42)32(47)41(7)30-28(43)18-12-19(35)27(24-20(36)10-9-11-22(24)45)38-31(18)44(33(30)48)29-25(15(2)3)39-34(37)40-26(29)16(4)5/h8-12,15-17,21,45H,1,13-14H2,2-7H3,(H2,37,39,40)/t17-,21+/m0/s1. The van der Waals surface area contributed by atoms with Gasteiger partial charge in [0.2, 0.25) is 11.9 Å². The molecule has 1 fully saturated rings. The smallest absolute Gasteiger partial charge is 0.283 e. The van der Waals surface area contributed by atoms with E-state index in [0.29, 0.717) is 28.1 Å². The number of benzene rings is 1. The number of likely N-dealkylation sites (N-methyl/N-ethyl adjacent to an activating group) is 1. The molecular formula is C34H36ClFN8O4. The van der Waals surface area contributed by atoms with Gasteiger partial charge in [0.05, 0.1) is 45.6 Å². The van der Waals surface area contributed by atoms with Crippen LogP contribution in [-0.2, 0) is 9.59 Å². The third-order valence-electron chi connectivity index (χ3n) is 8.94. The highest BCUT2D eigenvalue weighted by Crippen LogP contribution is 2.45. The van der Waals surface area contributed by atoms with Crippen molar-refractivity contribution in [3.8, 4) is 22.7 Å². The number of fused-ring (bicyclic) bond motifs is 5. The van der Waals surface area contributed by atoms with Crippen molar-refractivity contribution in [3.05, 3.63) is 69.5 Å². The van der Waals surface area contributed by atoms with Crippen molar-refractivity contribution < 1.29 is 19.1 Å². The molecule has 2 amide bonds. The number of carbonyl (C=O) groups is 2. The van der Waals surface area contributed by atoms with E-state index in [2.05, 4.69) is 16.5 Å². The Morgan fingerprint density at radius 3 is 2.31 bits per heavy atom. The molecule has 14 heteroatoms. The van der Waals surface area contributed by atoms with Crippen LogP contribution in [0.4, 0.5) is 21.7 Å². The summed E-state index contributed by atoms with van der Waals surface area (Å²) < 4.78 is 16.7. The van der Waals surface area contributed by atoms with E-state index in [1.807, 2.05) is 39.5 Å². The number of phenols is 1. The Bertz CT molecular complexity index is 2050. The molecule has 4 aromatic rings. The number of piperazine rings is 1. The van der Waals surface area contributed by atoms with Crippen LogP contribution in [0, 0.1) is 5.82 Å². The lowest BCUT2D eigenvalue weighted by atomic mass is 9.96. The highest BCUT2D eigenvalue weighted by Gasteiger charge is 2.47. The number of pyridine rings is 2. The number of rotatable bonds is 5. The molecule has 6 rings (SSSR count). The average molecular weight is 675 g/mol. The zero-order chi connectivity index (χ0) is 34.9. The molecule has 12 nitrogen and oxygen atoms in total. The maximum atomic E-state index is 15.3. The Labute approximate surface area is 281 Å². The number of hydrogen-bond acceptors (Lipinski definition) is 9. The van der Waals surface area contributed by atoms with Crippen molar-refractivity contribution in [1.82, 2.24) is 24.4 Å². The number of nitrogens with zero attached hydrogens (tertiary/aromatic N) is 7. The van der Waals surface area contributed by atoms with Crippen LogP contribution in [0.2, 0.25) is 5.02 Å². The van der Waals surface area contributed by atoms with Crippen LogP contribution in [0.3, 0.4) is 0 Å². The topological polar surface area (TPSA) is 151 Å². The molecule has 0 spiro atoms. The number of nitrogens with two attached hydrogens (primary N) is 1. The molecular weight excluding hydrogens is 639 g/mol. The predicted octanol–water partition coefficient (Wildman–Crippen LogP) is 4.74. The summed E-state index contributed by atoms with van der Waals surface area (Å²) >= 11 is 6.87. The molecule has 0 saturated carbocycles. The number of phenolic OH excluding ortho intramolecular Hbond substituents is 1. The van der Waals surface area contributed by atoms with Gasteiger partial charge in [0.25, 0.3) is 11.5 Å². The van der Waals surface area contributed by atoms with Crippen molar-refractivity contribution >= 4 is 51.8 Å². The van der Waals surface area contributed by atoms with Gasteiger partial charge in [0.1, 0.15) is 23.3 Å². The lowest BCUT2D eigenvalue weighted by molar-refractivity contribution is -0.129. The van der Waals surface area contributed by atoms with Gasteiger partial charge in [-0.1, -0.05) is 51.9 Å². The van der Waals surface area contributed by atoms with Crippen molar-refractivity contribution in [2.75, 3.05) is 35.7 Å². The van der Waals surface area contributed by atoms with Crippen molar-refractivity contribution in [2.45, 2.75) is 58.5 Å². The second-order valence-electron chi connectivity index (χ2n) is 12.8. The molecule has 0 unspecified atom stereocenters. The Kier molecular flexibility index (Phi) is 8.14. The monoisotopic (exact) mass is 674 g/mol. The minimum atomic E-state index is -0.833. The van der Waals surface area contributed by atoms with Crippen LogP contribution in [0.25, 0.3) is 28.0 Å². The number of aromatic nitrogens is 4. The Morgan fingerprint density at radius 2 is 1.73 bits per heavy atom. The summed E-state index contributed by atoms with van der Waals surface area (Å²) in [5, 5.41) is 11.1. The molecule has 3 N–H and O–H groups in total. The average Bonchev–Trinajstić information content (AvgIpc) is 3.03. The Hall–Kier alpha value is -5.04. The van der Waals surface area contributed by atoms with Gasteiger partial charge in [0.15, 0.2) is 5.65 Å². The first-order valence-corrected chi connectivity index (χ1v) is 16.0. The van der Waals surface area contributed by atoms with E-state index in [4.69, 9.17) is 22.3 Å². The van der Waals surface area contributed by atoms with E-state index in [-0.39, 0.29) is 76.1 Å². The number of carbonyl (C=O) groups excluding carboxylic acids is 2. The largest absolute Gasteiger partial charge is 0.507 e. The number of aromatic hydroxyl groups is 1. The van der Waals surface area contributed by atoms with Gasteiger partial charge in [-0.05, 0) is 43.0 Å². The molecule has 250 valence electrons. The molecule has 3 aromatic heterocycles. The molecule has 0 aliphatic carbocycles. The fourth-order valence-electron chi connectivity index (χ4n) is 6.79. The first-order valence-electron chi connectivity index (χ1n) is 15.6. The van der Waals surface area contributed by atoms with Crippen molar-refractivity contribution in [2.24, 2.45) is 0 Å². The molecule has 0 radical (unpaired) electrons. The number of hydrogen-bond donors (Lipinski definition) is 2. The molecule has 48 heavy (non-hydrogen) atoms. The number of nitrogen functional groups attached to an aromatic ring is 1. The minimum Gasteiger partial charge on any atom is -0.507 e. The van der Waals surface area contributed by atoms with Gasteiger partial charge in [-0.2, -0.15) is 0 Å². The van der Waals surface area contributed by atoms with Crippen LogP contribution in [0.1, 0.15) is 57.8 Å². The zero-order valence-electron chi connectivity index (χ0n) is 27.5. The van der Waals surface area contributed by atoms with Crippen LogP contribution in [0.5, 0.6) is 5.75 Å². The first kappa shape index (κ1) is 32.9. The fourth-order valence-corrected chi connectivity index (χ4v) is 7.04. The van der Waals surface area contributed by atoms with Crippen LogP contribution < -0.4 is 21.1 Å². The van der Waals surface area contributed by atoms with Crippen LogP contribution in [-0.4, -0.2) is 73.6 Å². The number of halogens is 2. The summed E-state index contributed by atoms with van der Waals surface area (Å²) in [7, 11) is 1.52. The lowest BCUT2D eigenvalue weighted by Crippen LogP contribution is -2.66. The minimum absolute atomic E-state index is 0.00116. The Balaban J connectivity index is 1.81. The predicted molar refractivity (Wildman–Crippen MR) is 184 cm³/mol. The highest BCUT2D eigenvalue weighted by atomic mass is 35.5. The number of anilines is 3.